The third kappa shape index (κ3) is 5.49. The van der Waals surface area contributed by atoms with Crippen LogP contribution in [0.25, 0.3) is 11.3 Å². The van der Waals surface area contributed by atoms with Gasteiger partial charge < -0.3 is 19.7 Å². The van der Waals surface area contributed by atoms with E-state index in [2.05, 4.69) is 62.5 Å². The number of carbonyl (C=O) groups is 3. The van der Waals surface area contributed by atoms with Crippen LogP contribution in [0.3, 0.4) is 0 Å². The molecule has 2 aromatic rings. The predicted octanol–water partition coefficient (Wildman–Crippen LogP) is 10.7. The van der Waals surface area contributed by atoms with Crippen LogP contribution in [-0.4, -0.2) is 55.5 Å². The van der Waals surface area contributed by atoms with Crippen molar-refractivity contribution in [3.63, 3.8) is 0 Å². The third-order valence-corrected chi connectivity index (χ3v) is 21.2. The van der Waals surface area contributed by atoms with Crippen LogP contribution in [-0.2, 0) is 19.1 Å². The number of hydrogen-bond acceptors (Lipinski definition) is 6. The molecule has 10 rings (SSSR count). The molecule has 7 aliphatic carbocycles. The van der Waals surface area contributed by atoms with Crippen molar-refractivity contribution in [1.82, 2.24) is 19.9 Å². The van der Waals surface area contributed by atoms with Gasteiger partial charge in [-0.1, -0.05) is 55.4 Å². The standard InChI is InChI=1S/C51H72N4O5/c1-45(2)33(42(56)57)27-34(45)43(58)60-39-17-18-48(6)37(46(39,3)4)16-19-50(8)38(48)14-13-32-40-31(47(5)21-22-47)15-20-51(40,24-23-49(32,50)7)44(59)55-26-10-12-36(55)41-53-29-35(54-41)30-11-9-25-52-28-30/h9,11,25,28-29,31-34,36-40H,10,12-24,26-27H2,1-8H3,(H,53,54)(H,56,57)/t31-,32-,33?,34?,36?,37+,38?,39+,40?,48+,49-,50-,51+/m1/s1. The van der Waals surface area contributed by atoms with Crippen molar-refractivity contribution in [3.8, 4) is 11.3 Å². The van der Waals surface area contributed by atoms with Gasteiger partial charge in [0.25, 0.3) is 0 Å². The summed E-state index contributed by atoms with van der Waals surface area (Å²) in [5, 5.41) is 9.72. The minimum atomic E-state index is -0.812. The first kappa shape index (κ1) is 40.8. The fourth-order valence-electron chi connectivity index (χ4n) is 17.2. The molecule has 5 unspecified atom stereocenters. The molecule has 8 fully saturated rings. The van der Waals surface area contributed by atoms with E-state index < -0.39 is 17.3 Å². The molecule has 1 aliphatic heterocycles. The first-order valence-corrected chi connectivity index (χ1v) is 24.0. The maximum atomic E-state index is 15.7. The van der Waals surface area contributed by atoms with E-state index in [-0.39, 0.29) is 51.1 Å². The van der Waals surface area contributed by atoms with E-state index in [0.29, 0.717) is 47.3 Å². The Kier molecular flexibility index (Phi) is 9.11. The van der Waals surface area contributed by atoms with Crippen molar-refractivity contribution in [3.05, 3.63) is 36.5 Å². The van der Waals surface area contributed by atoms with Crippen LogP contribution in [0.2, 0.25) is 0 Å². The highest BCUT2D eigenvalue weighted by Gasteiger charge is 2.74. The number of carbonyl (C=O) groups excluding carboxylic acids is 2. The van der Waals surface area contributed by atoms with E-state index in [4.69, 9.17) is 9.72 Å². The fourth-order valence-corrected chi connectivity index (χ4v) is 17.2. The quantitative estimate of drug-likeness (QED) is 0.266. The van der Waals surface area contributed by atoms with E-state index in [1.165, 1.54) is 38.5 Å². The third-order valence-electron chi connectivity index (χ3n) is 21.2. The number of carboxylic acid groups (broad SMARTS) is 1. The van der Waals surface area contributed by atoms with Crippen LogP contribution in [0.5, 0.6) is 0 Å². The second-order valence-corrected chi connectivity index (χ2v) is 24.0. The predicted molar refractivity (Wildman–Crippen MR) is 230 cm³/mol. The summed E-state index contributed by atoms with van der Waals surface area (Å²) < 4.78 is 6.49. The van der Waals surface area contributed by atoms with E-state index >= 15 is 4.79 Å². The molecule has 7 saturated carbocycles. The van der Waals surface area contributed by atoms with Crippen molar-refractivity contribution in [2.24, 2.45) is 79.3 Å². The number of H-pyrrole nitrogens is 1. The zero-order chi connectivity index (χ0) is 42.4. The fraction of sp³-hybridized carbons (Fsp3) is 0.784. The molecular weight excluding hydrogens is 749 g/mol. The van der Waals surface area contributed by atoms with Gasteiger partial charge >= 0.3 is 11.9 Å². The van der Waals surface area contributed by atoms with E-state index in [9.17, 15) is 14.7 Å². The molecule has 13 atom stereocenters. The molecule has 2 aromatic heterocycles. The SMILES string of the molecule is CC1(C)C(C(=O)O)CC1C(=O)O[C@H]1CC[C@]2(C)C3CC[C@@H]4C5[C@H](C6(C)CC6)CC[C@]5(C(=O)N5CCCC5c5ncc(-c6cccnc6)[nH]5)CC[C@@]4(C)[C@]3(C)CC[C@H]2C1(C)C. The number of ether oxygens (including phenoxy) is 1. The molecule has 0 spiro atoms. The second kappa shape index (κ2) is 13.4. The molecule has 8 aliphatic rings. The van der Waals surface area contributed by atoms with Crippen LogP contribution in [0.15, 0.2) is 30.7 Å². The van der Waals surface area contributed by atoms with Crippen molar-refractivity contribution in [2.45, 2.75) is 164 Å². The van der Waals surface area contributed by atoms with Crippen LogP contribution in [0.4, 0.5) is 0 Å². The van der Waals surface area contributed by atoms with Gasteiger partial charge in [-0.2, -0.15) is 0 Å². The van der Waals surface area contributed by atoms with Gasteiger partial charge in [0.2, 0.25) is 5.91 Å². The molecular formula is C51H72N4O5. The van der Waals surface area contributed by atoms with Gasteiger partial charge in [-0.25, -0.2) is 4.98 Å². The highest BCUT2D eigenvalue weighted by molar-refractivity contribution is 5.85. The maximum Gasteiger partial charge on any atom is 0.309 e. The van der Waals surface area contributed by atoms with Gasteiger partial charge in [-0.15, -0.1) is 0 Å². The summed E-state index contributed by atoms with van der Waals surface area (Å²) in [6, 6.07) is 4.01. The average molecular weight is 821 g/mol. The number of esters is 1. The number of aromatic nitrogens is 3. The molecule has 9 heteroatoms. The van der Waals surface area contributed by atoms with Crippen LogP contribution in [0, 0.1) is 79.3 Å². The van der Waals surface area contributed by atoms with Crippen molar-refractivity contribution in [1.29, 1.82) is 0 Å². The Morgan fingerprint density at radius 3 is 2.27 bits per heavy atom. The number of nitrogens with zero attached hydrogens (tertiary/aromatic N) is 3. The molecule has 1 amide bonds. The monoisotopic (exact) mass is 821 g/mol. The number of carboxylic acids is 1. The maximum absolute atomic E-state index is 15.7. The molecule has 3 heterocycles. The highest BCUT2D eigenvalue weighted by atomic mass is 16.5. The first-order valence-electron chi connectivity index (χ1n) is 24.0. The summed E-state index contributed by atoms with van der Waals surface area (Å²) in [5.41, 5.74) is 1.74. The Hall–Kier alpha value is -3.23. The summed E-state index contributed by atoms with van der Waals surface area (Å²) in [7, 11) is 0. The Labute approximate surface area is 358 Å². The topological polar surface area (TPSA) is 125 Å². The Morgan fingerprint density at radius 1 is 0.783 bits per heavy atom. The lowest BCUT2D eigenvalue weighted by molar-refractivity contribution is -0.253. The number of pyridine rings is 1. The lowest BCUT2D eigenvalue weighted by Gasteiger charge is -2.73. The summed E-state index contributed by atoms with van der Waals surface area (Å²) in [5.74, 6) is 2.08. The van der Waals surface area contributed by atoms with Crippen LogP contribution in [0.1, 0.15) is 164 Å². The summed E-state index contributed by atoms with van der Waals surface area (Å²) in [4.78, 5) is 56.4. The van der Waals surface area contributed by atoms with Crippen molar-refractivity contribution < 1.29 is 24.2 Å². The van der Waals surface area contributed by atoms with Crippen LogP contribution < -0.4 is 0 Å². The molecule has 9 nitrogen and oxygen atoms in total. The number of nitrogens with one attached hydrogen (secondary N) is 1. The number of fused-ring (bicyclic) bond motifs is 7. The van der Waals surface area contributed by atoms with Gasteiger partial charge in [0.1, 0.15) is 11.9 Å². The Balaban J connectivity index is 0.915. The highest BCUT2D eigenvalue weighted by Crippen LogP contribution is 2.79. The van der Waals surface area contributed by atoms with E-state index in [1.54, 1.807) is 6.20 Å². The minimum absolute atomic E-state index is 0.00933. The van der Waals surface area contributed by atoms with E-state index in [0.717, 1.165) is 75.0 Å². The number of aliphatic carboxylic acids is 1. The molecule has 60 heavy (non-hydrogen) atoms. The molecule has 326 valence electrons. The Bertz CT molecular complexity index is 2060. The number of amides is 1. The van der Waals surface area contributed by atoms with Gasteiger partial charge in [0.05, 0.1) is 35.2 Å². The van der Waals surface area contributed by atoms with E-state index in [1.807, 2.05) is 32.3 Å². The molecule has 0 radical (unpaired) electrons. The van der Waals surface area contributed by atoms with Crippen molar-refractivity contribution >= 4 is 17.8 Å². The summed E-state index contributed by atoms with van der Waals surface area (Å²) in [6.45, 7) is 19.9. The zero-order valence-electron chi connectivity index (χ0n) is 37.8. The molecule has 1 saturated heterocycles. The van der Waals surface area contributed by atoms with Gasteiger partial charge in [-0.3, -0.25) is 19.4 Å². The minimum Gasteiger partial charge on any atom is -0.481 e. The summed E-state index contributed by atoms with van der Waals surface area (Å²) in [6.07, 6.45) is 21.4. The summed E-state index contributed by atoms with van der Waals surface area (Å²) >= 11 is 0. The molecule has 0 aromatic carbocycles. The zero-order valence-corrected chi connectivity index (χ0v) is 37.8. The number of hydrogen-bond donors (Lipinski definition) is 2. The first-order chi connectivity index (χ1) is 28.3. The van der Waals surface area contributed by atoms with Crippen molar-refractivity contribution in [2.75, 3.05) is 6.54 Å². The smallest absolute Gasteiger partial charge is 0.309 e. The number of likely N-dealkylation sites (tertiary alicyclic amines) is 1. The lowest BCUT2D eigenvalue weighted by atomic mass is 9.32. The van der Waals surface area contributed by atoms with Gasteiger partial charge in [0, 0.05) is 29.9 Å². The number of rotatable bonds is 7. The molecule has 0 bridgehead atoms. The van der Waals surface area contributed by atoms with Crippen LogP contribution >= 0.6 is 0 Å². The van der Waals surface area contributed by atoms with Gasteiger partial charge in [-0.05, 0) is 165 Å². The largest absolute Gasteiger partial charge is 0.481 e. The normalized spacial score (nSPS) is 44.3. The number of aromatic amines is 1. The van der Waals surface area contributed by atoms with Gasteiger partial charge in [0.15, 0.2) is 0 Å². The lowest BCUT2D eigenvalue weighted by Crippen LogP contribution is -2.67. The second-order valence-electron chi connectivity index (χ2n) is 24.0. The Morgan fingerprint density at radius 2 is 1.57 bits per heavy atom. The molecule has 2 N–H and O–H groups in total. The average Bonchev–Trinajstić information content (AvgIpc) is 3.59. The number of imidazole rings is 1.